The molecule has 1 aromatic heterocycles. The van der Waals surface area contributed by atoms with Crippen LogP contribution < -0.4 is 4.57 Å². The van der Waals surface area contributed by atoms with Crippen molar-refractivity contribution in [3.8, 4) is 0 Å². The second-order valence-electron chi connectivity index (χ2n) is 4.19. The summed E-state index contributed by atoms with van der Waals surface area (Å²) >= 11 is 0. The highest BCUT2D eigenvalue weighted by Gasteiger charge is 2.13. The molecule has 0 radical (unpaired) electrons. The lowest BCUT2D eigenvalue weighted by Gasteiger charge is -2.00. The minimum absolute atomic E-state index is 0.142. The molecule has 0 aliphatic rings. The molecule has 0 saturated heterocycles. The lowest BCUT2D eigenvalue weighted by atomic mass is 10.2. The summed E-state index contributed by atoms with van der Waals surface area (Å²) < 4.78 is 9.07. The van der Waals surface area contributed by atoms with Crippen LogP contribution in [0.5, 0.6) is 0 Å². The maximum absolute atomic E-state index is 11.1. The fraction of sp³-hybridized carbons (Fsp3) is 0.692. The number of unbranched alkanes of at least 4 members (excludes halogenated alkanes) is 1. The molecule has 0 aromatic carbocycles. The Kier molecular flexibility index (Phi) is 5.73. The number of aromatic nitrogens is 2. The van der Waals surface area contributed by atoms with Gasteiger partial charge in [0.2, 0.25) is 6.33 Å². The lowest BCUT2D eigenvalue weighted by molar-refractivity contribution is -0.693. The minimum atomic E-state index is -0.142. The summed E-state index contributed by atoms with van der Waals surface area (Å²) in [6.07, 6.45) is 7.81. The summed E-state index contributed by atoms with van der Waals surface area (Å²) in [5, 5.41) is 0. The van der Waals surface area contributed by atoms with Gasteiger partial charge in [0.1, 0.15) is 11.9 Å². The molecule has 0 aliphatic carbocycles. The van der Waals surface area contributed by atoms with Crippen molar-refractivity contribution in [3.63, 3.8) is 0 Å². The van der Waals surface area contributed by atoms with Crippen LogP contribution in [-0.2, 0) is 29.0 Å². The van der Waals surface area contributed by atoms with Gasteiger partial charge in [0.15, 0.2) is 0 Å². The molecule has 4 heteroatoms. The molecular weight excluding hydrogens is 216 g/mol. The minimum Gasteiger partial charge on any atom is -0.469 e. The standard InChI is InChI=1S/C13H23N2O2/c1-4-6-9-15-11-14(5-2)10-12(15)7-8-13(16)17-3/h10-11H,4-9H2,1-3H3/q+1. The highest BCUT2D eigenvalue weighted by atomic mass is 16.5. The van der Waals surface area contributed by atoms with Gasteiger partial charge in [0.25, 0.3) is 0 Å². The molecule has 1 aromatic rings. The quantitative estimate of drug-likeness (QED) is 0.536. The number of carbonyl (C=O) groups is 1. The molecule has 0 bridgehead atoms. The van der Waals surface area contributed by atoms with E-state index in [0.29, 0.717) is 6.42 Å². The number of carbonyl (C=O) groups excluding carboxylic acids is 1. The van der Waals surface area contributed by atoms with Crippen LogP contribution in [0.4, 0.5) is 0 Å². The molecule has 1 rings (SSSR count). The molecule has 4 nitrogen and oxygen atoms in total. The van der Waals surface area contributed by atoms with Gasteiger partial charge in [-0.2, -0.15) is 0 Å². The number of hydrogen-bond acceptors (Lipinski definition) is 2. The average molecular weight is 239 g/mol. The average Bonchev–Trinajstić information content (AvgIpc) is 2.75. The third kappa shape index (κ3) is 4.21. The topological polar surface area (TPSA) is 35.1 Å². The van der Waals surface area contributed by atoms with Crippen molar-refractivity contribution in [1.82, 2.24) is 4.57 Å². The third-order valence-electron chi connectivity index (χ3n) is 2.90. The zero-order valence-electron chi connectivity index (χ0n) is 11.1. The SMILES string of the molecule is CCCCn1c[n+](CC)cc1CCC(=O)OC. The van der Waals surface area contributed by atoms with Crippen molar-refractivity contribution >= 4 is 5.97 Å². The maximum atomic E-state index is 11.1. The second-order valence-corrected chi connectivity index (χ2v) is 4.19. The zero-order valence-corrected chi connectivity index (χ0v) is 11.1. The Morgan fingerprint density at radius 3 is 2.82 bits per heavy atom. The van der Waals surface area contributed by atoms with E-state index in [1.165, 1.54) is 25.6 Å². The molecule has 0 N–H and O–H groups in total. The summed E-state index contributed by atoms with van der Waals surface area (Å²) in [6, 6.07) is 0. The van der Waals surface area contributed by atoms with Crippen LogP contribution >= 0.6 is 0 Å². The first-order valence-electron chi connectivity index (χ1n) is 6.36. The van der Waals surface area contributed by atoms with E-state index >= 15 is 0 Å². The largest absolute Gasteiger partial charge is 0.469 e. The fourth-order valence-electron chi connectivity index (χ4n) is 1.80. The van der Waals surface area contributed by atoms with Crippen LogP contribution in [0, 0.1) is 0 Å². The highest BCUT2D eigenvalue weighted by molar-refractivity contribution is 5.69. The summed E-state index contributed by atoms with van der Waals surface area (Å²) in [7, 11) is 1.44. The lowest BCUT2D eigenvalue weighted by Crippen LogP contribution is -2.29. The number of esters is 1. The van der Waals surface area contributed by atoms with Gasteiger partial charge in [-0.15, -0.1) is 0 Å². The summed E-state index contributed by atoms with van der Waals surface area (Å²) in [4.78, 5) is 11.1. The molecule has 0 fully saturated rings. The fourth-order valence-corrected chi connectivity index (χ4v) is 1.80. The van der Waals surface area contributed by atoms with Gasteiger partial charge >= 0.3 is 5.97 Å². The molecule has 0 atom stereocenters. The molecule has 0 saturated carbocycles. The monoisotopic (exact) mass is 239 g/mol. The highest BCUT2D eigenvalue weighted by Crippen LogP contribution is 2.05. The van der Waals surface area contributed by atoms with Crippen LogP contribution in [-0.4, -0.2) is 17.6 Å². The molecule has 0 spiro atoms. The number of ether oxygens (including phenoxy) is 1. The number of hydrogen-bond donors (Lipinski definition) is 0. The van der Waals surface area contributed by atoms with Gasteiger partial charge in [-0.05, 0) is 13.3 Å². The number of rotatable bonds is 7. The van der Waals surface area contributed by atoms with Gasteiger partial charge in [-0.3, -0.25) is 4.79 Å². The smallest absolute Gasteiger partial charge is 0.305 e. The Labute approximate surface area is 103 Å². The van der Waals surface area contributed by atoms with Crippen LogP contribution in [0.25, 0.3) is 0 Å². The second kappa shape index (κ2) is 7.09. The number of aryl methyl sites for hydroxylation is 3. The predicted molar refractivity (Wildman–Crippen MR) is 65.5 cm³/mol. The number of nitrogens with zero attached hydrogens (tertiary/aromatic N) is 2. The van der Waals surface area contributed by atoms with Gasteiger partial charge in [-0.1, -0.05) is 13.3 Å². The molecule has 0 unspecified atom stereocenters. The van der Waals surface area contributed by atoms with Crippen molar-refractivity contribution in [1.29, 1.82) is 0 Å². The summed E-state index contributed by atoms with van der Waals surface area (Å²) in [6.45, 7) is 6.30. The van der Waals surface area contributed by atoms with E-state index in [-0.39, 0.29) is 5.97 Å². The first-order valence-corrected chi connectivity index (χ1v) is 6.36. The zero-order chi connectivity index (χ0) is 12.7. The van der Waals surface area contributed by atoms with E-state index < -0.39 is 0 Å². The van der Waals surface area contributed by atoms with E-state index in [4.69, 9.17) is 0 Å². The van der Waals surface area contributed by atoms with Crippen molar-refractivity contribution in [3.05, 3.63) is 18.2 Å². The van der Waals surface area contributed by atoms with E-state index in [2.05, 4.69) is 40.2 Å². The number of methoxy groups -OCH3 is 1. The maximum Gasteiger partial charge on any atom is 0.305 e. The molecule has 0 aliphatic heterocycles. The Morgan fingerprint density at radius 2 is 2.24 bits per heavy atom. The van der Waals surface area contributed by atoms with E-state index in [0.717, 1.165) is 19.5 Å². The Balaban J connectivity index is 2.66. The molecular formula is C13H23N2O2+. The van der Waals surface area contributed by atoms with E-state index in [1.54, 1.807) is 0 Å². The van der Waals surface area contributed by atoms with Gasteiger partial charge in [-0.25, -0.2) is 9.13 Å². The van der Waals surface area contributed by atoms with E-state index in [9.17, 15) is 4.79 Å². The molecule has 1 heterocycles. The van der Waals surface area contributed by atoms with Gasteiger partial charge < -0.3 is 4.74 Å². The van der Waals surface area contributed by atoms with Gasteiger partial charge in [0, 0.05) is 6.42 Å². The van der Waals surface area contributed by atoms with Crippen molar-refractivity contribution < 1.29 is 14.1 Å². The molecule has 0 amide bonds. The number of imidazole rings is 1. The van der Waals surface area contributed by atoms with E-state index in [1.807, 2.05) is 0 Å². The first-order chi connectivity index (χ1) is 8.21. The van der Waals surface area contributed by atoms with Crippen LogP contribution in [0.1, 0.15) is 38.8 Å². The van der Waals surface area contributed by atoms with Crippen molar-refractivity contribution in [2.24, 2.45) is 0 Å². The Bertz CT molecular complexity index is 358. The van der Waals surface area contributed by atoms with Crippen LogP contribution in [0.2, 0.25) is 0 Å². The normalized spacial score (nSPS) is 10.5. The Hall–Kier alpha value is -1.32. The Morgan fingerprint density at radius 1 is 1.47 bits per heavy atom. The van der Waals surface area contributed by atoms with Crippen LogP contribution in [0.15, 0.2) is 12.5 Å². The summed E-state index contributed by atoms with van der Waals surface area (Å²) in [5.41, 5.74) is 1.21. The van der Waals surface area contributed by atoms with Gasteiger partial charge in [0.05, 0.1) is 26.6 Å². The molecule has 96 valence electrons. The first kappa shape index (κ1) is 13.7. The summed E-state index contributed by atoms with van der Waals surface area (Å²) in [5.74, 6) is -0.142. The predicted octanol–water partition coefficient (Wildman–Crippen LogP) is 1.70. The molecule has 17 heavy (non-hydrogen) atoms. The van der Waals surface area contributed by atoms with Crippen molar-refractivity contribution in [2.45, 2.75) is 52.6 Å². The third-order valence-corrected chi connectivity index (χ3v) is 2.90. The van der Waals surface area contributed by atoms with Crippen LogP contribution in [0.3, 0.4) is 0 Å². The van der Waals surface area contributed by atoms with Crippen molar-refractivity contribution in [2.75, 3.05) is 7.11 Å².